The summed E-state index contributed by atoms with van der Waals surface area (Å²) >= 11 is 0. The fraction of sp³-hybridized carbons (Fsp3) is 0.478. The summed E-state index contributed by atoms with van der Waals surface area (Å²) in [5.74, 6) is 0.0586. The molecule has 1 aliphatic heterocycles. The highest BCUT2D eigenvalue weighted by atomic mass is 16.5. The number of hydrogen-bond donors (Lipinski definition) is 0. The molecule has 1 fully saturated rings. The molecule has 0 radical (unpaired) electrons. The first-order valence-corrected chi connectivity index (χ1v) is 10.2. The fourth-order valence-electron chi connectivity index (χ4n) is 3.66. The Morgan fingerprint density at radius 3 is 2.27 bits per heavy atom. The predicted molar refractivity (Wildman–Crippen MR) is 114 cm³/mol. The zero-order valence-electron chi connectivity index (χ0n) is 18.1. The molecule has 1 saturated heterocycles. The number of carbonyl (C=O) groups excluding carboxylic acids is 2. The Bertz CT molecular complexity index is 882. The molecule has 0 spiro atoms. The molecule has 30 heavy (non-hydrogen) atoms. The van der Waals surface area contributed by atoms with Gasteiger partial charge in [0.15, 0.2) is 0 Å². The summed E-state index contributed by atoms with van der Waals surface area (Å²) < 4.78 is 15.9. The van der Waals surface area contributed by atoms with Gasteiger partial charge in [0.05, 0.1) is 18.7 Å². The van der Waals surface area contributed by atoms with Crippen LogP contribution in [0.25, 0.3) is 10.8 Å². The average molecular weight is 415 g/mol. The van der Waals surface area contributed by atoms with E-state index in [0.717, 1.165) is 17.2 Å². The normalized spacial score (nSPS) is 16.2. The number of hydrogen-bond acceptors (Lipinski definition) is 5. The standard InChI is InChI=1S/C23H30N2O5/c1-5-16(2)18-8-6-17-7-9-19(11-20(17)10-18)22(26)30-21-12-24(14-28-3)23(27)25(13-21)15-29-4/h6-11,16,21H,5,12-15H2,1-4H3. The summed E-state index contributed by atoms with van der Waals surface area (Å²) in [4.78, 5) is 28.3. The molecule has 162 valence electrons. The summed E-state index contributed by atoms with van der Waals surface area (Å²) in [6.45, 7) is 5.18. The SMILES string of the molecule is CCC(C)c1ccc2ccc(C(=O)OC3CN(COC)C(=O)N(COC)C3)cc2c1. The van der Waals surface area contributed by atoms with Crippen molar-refractivity contribution in [3.63, 3.8) is 0 Å². The van der Waals surface area contributed by atoms with Crippen molar-refractivity contribution < 1.29 is 23.8 Å². The zero-order chi connectivity index (χ0) is 21.7. The maximum atomic E-state index is 12.8. The number of nitrogens with zero attached hydrogens (tertiary/aromatic N) is 2. The zero-order valence-corrected chi connectivity index (χ0v) is 18.1. The monoisotopic (exact) mass is 414 g/mol. The minimum Gasteiger partial charge on any atom is -0.455 e. The molecule has 2 aromatic carbocycles. The van der Waals surface area contributed by atoms with E-state index in [1.807, 2.05) is 12.1 Å². The van der Waals surface area contributed by atoms with E-state index in [9.17, 15) is 9.59 Å². The number of benzene rings is 2. The van der Waals surface area contributed by atoms with E-state index in [-0.39, 0.29) is 32.6 Å². The van der Waals surface area contributed by atoms with Crippen molar-refractivity contribution >= 4 is 22.8 Å². The van der Waals surface area contributed by atoms with Crippen LogP contribution < -0.4 is 0 Å². The third kappa shape index (κ3) is 4.91. The number of urea groups is 1. The lowest BCUT2D eigenvalue weighted by Crippen LogP contribution is -2.57. The fourth-order valence-corrected chi connectivity index (χ4v) is 3.66. The van der Waals surface area contributed by atoms with Gasteiger partial charge in [-0.15, -0.1) is 0 Å². The van der Waals surface area contributed by atoms with Crippen LogP contribution in [0.3, 0.4) is 0 Å². The van der Waals surface area contributed by atoms with Gasteiger partial charge in [0.1, 0.15) is 19.6 Å². The summed E-state index contributed by atoms with van der Waals surface area (Å²) in [6.07, 6.45) is 0.589. The summed E-state index contributed by atoms with van der Waals surface area (Å²) in [6, 6.07) is 11.8. The highest BCUT2D eigenvalue weighted by molar-refractivity contribution is 5.95. The molecule has 2 aromatic rings. The average Bonchev–Trinajstić information content (AvgIpc) is 2.75. The van der Waals surface area contributed by atoms with E-state index >= 15 is 0 Å². The first-order chi connectivity index (χ1) is 14.5. The van der Waals surface area contributed by atoms with Gasteiger partial charge < -0.3 is 14.2 Å². The second-order valence-corrected chi connectivity index (χ2v) is 7.72. The molecule has 1 heterocycles. The van der Waals surface area contributed by atoms with Crippen molar-refractivity contribution in [1.82, 2.24) is 9.80 Å². The molecule has 0 bridgehead atoms. The van der Waals surface area contributed by atoms with E-state index in [0.29, 0.717) is 11.5 Å². The minimum absolute atomic E-state index is 0.126. The Balaban J connectivity index is 1.76. The van der Waals surface area contributed by atoms with Gasteiger partial charge in [-0.3, -0.25) is 9.80 Å². The minimum atomic E-state index is -0.470. The maximum absolute atomic E-state index is 12.8. The van der Waals surface area contributed by atoms with E-state index in [1.54, 1.807) is 6.07 Å². The van der Waals surface area contributed by atoms with Crippen molar-refractivity contribution in [2.24, 2.45) is 0 Å². The summed E-state index contributed by atoms with van der Waals surface area (Å²) in [7, 11) is 3.04. The second-order valence-electron chi connectivity index (χ2n) is 7.72. The van der Waals surface area contributed by atoms with Crippen LogP contribution in [-0.4, -0.2) is 68.7 Å². The van der Waals surface area contributed by atoms with Crippen LogP contribution in [0.2, 0.25) is 0 Å². The van der Waals surface area contributed by atoms with Crippen molar-refractivity contribution in [3.8, 4) is 0 Å². The number of esters is 1. The van der Waals surface area contributed by atoms with Gasteiger partial charge in [-0.25, -0.2) is 9.59 Å². The van der Waals surface area contributed by atoms with Crippen LogP contribution in [0, 0.1) is 0 Å². The Labute approximate surface area is 177 Å². The van der Waals surface area contributed by atoms with Crippen molar-refractivity contribution in [2.45, 2.75) is 32.3 Å². The number of methoxy groups -OCH3 is 2. The Morgan fingerprint density at radius 2 is 1.67 bits per heavy atom. The molecular weight excluding hydrogens is 384 g/mol. The quantitative estimate of drug-likeness (QED) is 0.614. The van der Waals surface area contributed by atoms with E-state index in [1.165, 1.54) is 29.6 Å². The smallest absolute Gasteiger partial charge is 0.338 e. The van der Waals surface area contributed by atoms with Gasteiger partial charge >= 0.3 is 12.0 Å². The number of fused-ring (bicyclic) bond motifs is 1. The number of rotatable bonds is 8. The first kappa shape index (κ1) is 22.1. The molecule has 2 amide bonds. The van der Waals surface area contributed by atoms with Gasteiger partial charge in [0, 0.05) is 14.2 Å². The van der Waals surface area contributed by atoms with Gasteiger partial charge in [-0.05, 0) is 40.8 Å². The second kappa shape index (κ2) is 9.91. The molecule has 0 saturated carbocycles. The maximum Gasteiger partial charge on any atom is 0.338 e. The first-order valence-electron chi connectivity index (χ1n) is 10.2. The summed E-state index contributed by atoms with van der Waals surface area (Å²) in [5.41, 5.74) is 1.75. The van der Waals surface area contributed by atoms with Crippen LogP contribution in [0.15, 0.2) is 36.4 Å². The van der Waals surface area contributed by atoms with Crippen molar-refractivity contribution in [2.75, 3.05) is 40.8 Å². The molecule has 1 unspecified atom stereocenters. The van der Waals surface area contributed by atoms with Gasteiger partial charge in [-0.2, -0.15) is 0 Å². The third-order valence-corrected chi connectivity index (χ3v) is 5.51. The van der Waals surface area contributed by atoms with E-state index in [2.05, 4.69) is 32.0 Å². The Kier molecular flexibility index (Phi) is 7.29. The lowest BCUT2D eigenvalue weighted by Gasteiger charge is -2.38. The predicted octanol–water partition coefficient (Wildman–Crippen LogP) is 3.82. The van der Waals surface area contributed by atoms with Crippen LogP contribution in [-0.2, 0) is 14.2 Å². The highest BCUT2D eigenvalue weighted by Gasteiger charge is 2.34. The molecule has 0 N–H and O–H groups in total. The molecular formula is C23H30N2O5. The van der Waals surface area contributed by atoms with Gasteiger partial charge in [0.2, 0.25) is 0 Å². The molecule has 1 atom stereocenters. The molecule has 7 nitrogen and oxygen atoms in total. The number of ether oxygens (including phenoxy) is 3. The number of amides is 2. The van der Waals surface area contributed by atoms with Crippen molar-refractivity contribution in [1.29, 1.82) is 0 Å². The van der Waals surface area contributed by atoms with Crippen LogP contribution in [0.4, 0.5) is 4.79 Å². The van der Waals surface area contributed by atoms with Gasteiger partial charge in [0.25, 0.3) is 0 Å². The van der Waals surface area contributed by atoms with E-state index in [4.69, 9.17) is 14.2 Å². The molecule has 0 aromatic heterocycles. The Hall–Kier alpha value is -2.64. The van der Waals surface area contributed by atoms with Gasteiger partial charge in [-0.1, -0.05) is 38.1 Å². The third-order valence-electron chi connectivity index (χ3n) is 5.51. The molecule has 3 rings (SSSR count). The molecule has 1 aliphatic rings. The largest absolute Gasteiger partial charge is 0.455 e. The van der Waals surface area contributed by atoms with Crippen LogP contribution in [0.5, 0.6) is 0 Å². The summed E-state index contributed by atoms with van der Waals surface area (Å²) in [5, 5.41) is 2.10. The van der Waals surface area contributed by atoms with Crippen LogP contribution >= 0.6 is 0 Å². The Morgan fingerprint density at radius 1 is 1.03 bits per heavy atom. The van der Waals surface area contributed by atoms with Crippen LogP contribution in [0.1, 0.15) is 42.1 Å². The topological polar surface area (TPSA) is 68.3 Å². The number of carbonyl (C=O) groups is 2. The van der Waals surface area contributed by atoms with E-state index < -0.39 is 12.1 Å². The highest BCUT2D eigenvalue weighted by Crippen LogP contribution is 2.25. The lowest BCUT2D eigenvalue weighted by atomic mass is 9.95. The lowest BCUT2D eigenvalue weighted by molar-refractivity contribution is -0.0401. The van der Waals surface area contributed by atoms with Crippen molar-refractivity contribution in [3.05, 3.63) is 47.5 Å². The molecule has 0 aliphatic carbocycles. The molecule has 7 heteroatoms.